The van der Waals surface area contributed by atoms with Gasteiger partial charge in [-0.25, -0.2) is 9.37 Å². The normalized spacial score (nSPS) is 10.8. The highest BCUT2D eigenvalue weighted by Crippen LogP contribution is 2.14. The number of amides is 1. The van der Waals surface area contributed by atoms with E-state index in [-0.39, 0.29) is 11.1 Å². The number of carbonyl (C=O) groups excluding carboxylic acids is 1. The van der Waals surface area contributed by atoms with Crippen LogP contribution in [0.5, 0.6) is 0 Å². The van der Waals surface area contributed by atoms with Crippen LogP contribution >= 0.6 is 0 Å². The Bertz CT molecular complexity index is 998. The predicted molar refractivity (Wildman–Crippen MR) is 88.6 cm³/mol. The highest BCUT2D eigenvalue weighted by molar-refractivity contribution is 6.04. The van der Waals surface area contributed by atoms with Gasteiger partial charge in [0.1, 0.15) is 11.6 Å². The lowest BCUT2D eigenvalue weighted by Crippen LogP contribution is -2.27. The number of nitrogens with zero attached hydrogens (tertiary/aromatic N) is 3. The minimum atomic E-state index is -0.671. The lowest BCUT2D eigenvalue weighted by Gasteiger charge is -2.11. The zero-order valence-electron chi connectivity index (χ0n) is 13.2. The minimum absolute atomic E-state index is 0.120. The van der Waals surface area contributed by atoms with Gasteiger partial charge in [-0.05, 0) is 43.7 Å². The van der Waals surface area contributed by atoms with Crippen LogP contribution in [0.3, 0.4) is 0 Å². The van der Waals surface area contributed by atoms with Crippen LogP contribution in [0.1, 0.15) is 23.0 Å². The van der Waals surface area contributed by atoms with Crippen molar-refractivity contribution < 1.29 is 9.18 Å². The Morgan fingerprint density at radius 2 is 2.12 bits per heavy atom. The Labute approximate surface area is 137 Å². The van der Waals surface area contributed by atoms with Crippen molar-refractivity contribution in [1.29, 1.82) is 0 Å². The molecule has 0 spiro atoms. The Morgan fingerprint density at radius 1 is 1.33 bits per heavy atom. The Balaban J connectivity index is 2.12. The van der Waals surface area contributed by atoms with E-state index in [1.54, 1.807) is 19.1 Å². The molecule has 6 nitrogen and oxygen atoms in total. The number of halogens is 1. The molecule has 0 unspecified atom stereocenters. The van der Waals surface area contributed by atoms with Gasteiger partial charge in [0, 0.05) is 12.7 Å². The first-order chi connectivity index (χ1) is 11.5. The number of rotatable bonds is 3. The molecule has 3 rings (SSSR count). The summed E-state index contributed by atoms with van der Waals surface area (Å²) in [5.74, 6) is -0.860. The highest BCUT2D eigenvalue weighted by atomic mass is 19.1. The predicted octanol–water partition coefficient (Wildman–Crippen LogP) is 2.51. The summed E-state index contributed by atoms with van der Waals surface area (Å²) in [6.07, 6.45) is 1.54. The van der Waals surface area contributed by atoms with Gasteiger partial charge in [0.25, 0.3) is 5.91 Å². The summed E-state index contributed by atoms with van der Waals surface area (Å²) >= 11 is 0. The average molecular weight is 326 g/mol. The molecule has 3 aromatic rings. The summed E-state index contributed by atoms with van der Waals surface area (Å²) in [4.78, 5) is 29.1. The maximum Gasteiger partial charge on any atom is 0.281 e. The second-order valence-electron chi connectivity index (χ2n) is 5.28. The number of carbonyl (C=O) groups is 1. The fourth-order valence-electron chi connectivity index (χ4n) is 2.44. The summed E-state index contributed by atoms with van der Waals surface area (Å²) in [7, 11) is 0. The summed E-state index contributed by atoms with van der Waals surface area (Å²) in [5.41, 5.74) is 0.336. The van der Waals surface area contributed by atoms with Gasteiger partial charge in [0.05, 0.1) is 10.9 Å². The van der Waals surface area contributed by atoms with E-state index in [4.69, 9.17) is 0 Å². The van der Waals surface area contributed by atoms with Crippen molar-refractivity contribution in [2.45, 2.75) is 20.4 Å². The van der Waals surface area contributed by atoms with Crippen molar-refractivity contribution in [3.05, 3.63) is 63.8 Å². The molecular weight excluding hydrogens is 311 g/mol. The molecule has 7 heteroatoms. The van der Waals surface area contributed by atoms with Gasteiger partial charge in [-0.15, -0.1) is 0 Å². The maximum absolute atomic E-state index is 13.5. The summed E-state index contributed by atoms with van der Waals surface area (Å²) in [5, 5.41) is 6.81. The van der Waals surface area contributed by atoms with E-state index in [1.165, 1.54) is 23.0 Å². The van der Waals surface area contributed by atoms with Crippen LogP contribution in [0.15, 0.2) is 41.3 Å². The zero-order valence-corrected chi connectivity index (χ0v) is 13.2. The lowest BCUT2D eigenvalue weighted by molar-refractivity contribution is 0.101. The molecule has 0 bridgehead atoms. The molecule has 2 aromatic heterocycles. The van der Waals surface area contributed by atoms with E-state index in [9.17, 15) is 14.0 Å². The van der Waals surface area contributed by atoms with Crippen LogP contribution in [0.4, 0.5) is 10.2 Å². The van der Waals surface area contributed by atoms with Crippen molar-refractivity contribution >= 4 is 22.6 Å². The first-order valence-corrected chi connectivity index (χ1v) is 7.44. The fraction of sp³-hybridized carbons (Fsp3) is 0.176. The molecule has 1 N–H and O–H groups in total. The number of nitrogens with one attached hydrogen (secondary N) is 1. The van der Waals surface area contributed by atoms with Crippen molar-refractivity contribution in [3.63, 3.8) is 0 Å². The second-order valence-corrected chi connectivity index (χ2v) is 5.28. The highest BCUT2D eigenvalue weighted by Gasteiger charge is 2.18. The van der Waals surface area contributed by atoms with Crippen LogP contribution in [0, 0.1) is 12.7 Å². The van der Waals surface area contributed by atoms with Crippen molar-refractivity contribution in [3.8, 4) is 0 Å². The third-order valence-electron chi connectivity index (χ3n) is 3.67. The van der Waals surface area contributed by atoms with Gasteiger partial charge in [0.2, 0.25) is 5.43 Å². The Hall–Kier alpha value is -3.09. The number of fused-ring (bicyclic) bond motifs is 1. The maximum atomic E-state index is 13.5. The van der Waals surface area contributed by atoms with Crippen molar-refractivity contribution in [2.75, 3.05) is 5.32 Å². The van der Waals surface area contributed by atoms with E-state index >= 15 is 0 Å². The first kappa shape index (κ1) is 15.8. The molecule has 24 heavy (non-hydrogen) atoms. The molecule has 0 fully saturated rings. The number of aryl methyl sites for hydroxylation is 2. The molecule has 0 aliphatic rings. The zero-order chi connectivity index (χ0) is 17.3. The van der Waals surface area contributed by atoms with Gasteiger partial charge < -0.3 is 5.32 Å². The minimum Gasteiger partial charge on any atom is -0.305 e. The monoisotopic (exact) mass is 326 g/mol. The average Bonchev–Trinajstić information content (AvgIpc) is 2.57. The third-order valence-corrected chi connectivity index (χ3v) is 3.67. The van der Waals surface area contributed by atoms with E-state index in [2.05, 4.69) is 15.4 Å². The number of aromatic nitrogens is 3. The largest absolute Gasteiger partial charge is 0.305 e. The molecule has 0 aliphatic heterocycles. The second kappa shape index (κ2) is 6.19. The van der Waals surface area contributed by atoms with Gasteiger partial charge in [0.15, 0.2) is 5.69 Å². The van der Waals surface area contributed by atoms with Crippen molar-refractivity contribution in [2.24, 2.45) is 0 Å². The van der Waals surface area contributed by atoms with Crippen LogP contribution in [-0.4, -0.2) is 20.7 Å². The van der Waals surface area contributed by atoms with E-state index in [1.807, 2.05) is 6.92 Å². The molecule has 2 heterocycles. The molecule has 0 atom stereocenters. The molecular formula is C17H15FN4O2. The summed E-state index contributed by atoms with van der Waals surface area (Å²) < 4.78 is 15.0. The fourth-order valence-corrected chi connectivity index (χ4v) is 2.44. The number of pyridine rings is 1. The third kappa shape index (κ3) is 2.76. The van der Waals surface area contributed by atoms with Crippen LogP contribution in [-0.2, 0) is 6.54 Å². The van der Waals surface area contributed by atoms with Crippen LogP contribution in [0.2, 0.25) is 0 Å². The molecule has 0 radical (unpaired) electrons. The van der Waals surface area contributed by atoms with Gasteiger partial charge >= 0.3 is 0 Å². The van der Waals surface area contributed by atoms with Gasteiger partial charge in [-0.1, -0.05) is 6.07 Å². The van der Waals surface area contributed by atoms with E-state index in [0.717, 1.165) is 11.6 Å². The lowest BCUT2D eigenvalue weighted by atomic mass is 10.2. The Morgan fingerprint density at radius 3 is 2.83 bits per heavy atom. The number of hydrogen-bond donors (Lipinski definition) is 1. The smallest absolute Gasteiger partial charge is 0.281 e. The quantitative estimate of drug-likeness (QED) is 0.802. The van der Waals surface area contributed by atoms with Crippen LogP contribution < -0.4 is 10.7 Å². The SMILES string of the molecule is CCn1nc(C(=O)Nc2ncccc2C)c(=O)c2cc(F)ccc21. The number of benzene rings is 1. The molecule has 0 saturated carbocycles. The van der Waals surface area contributed by atoms with Gasteiger partial charge in [-0.3, -0.25) is 14.3 Å². The molecule has 0 aliphatic carbocycles. The molecule has 1 aromatic carbocycles. The molecule has 1 amide bonds. The summed E-state index contributed by atoms with van der Waals surface area (Å²) in [6.45, 7) is 4.05. The first-order valence-electron chi connectivity index (χ1n) is 7.44. The Kier molecular flexibility index (Phi) is 4.07. The van der Waals surface area contributed by atoms with Crippen LogP contribution in [0.25, 0.3) is 10.9 Å². The van der Waals surface area contributed by atoms with E-state index < -0.39 is 17.2 Å². The molecule has 122 valence electrons. The number of hydrogen-bond acceptors (Lipinski definition) is 4. The van der Waals surface area contributed by atoms with E-state index in [0.29, 0.717) is 17.9 Å². The topological polar surface area (TPSA) is 76.9 Å². The summed E-state index contributed by atoms with van der Waals surface area (Å²) in [6, 6.07) is 7.39. The van der Waals surface area contributed by atoms with Gasteiger partial charge in [-0.2, -0.15) is 5.10 Å². The standard InChI is InChI=1S/C17H15FN4O2/c1-3-22-13-7-6-11(18)9-12(13)15(23)14(21-22)17(24)20-16-10(2)5-4-8-19-16/h4-9H,3H2,1-2H3,(H,19,20,24). The number of anilines is 1. The molecule has 0 saturated heterocycles. The van der Waals surface area contributed by atoms with Crippen molar-refractivity contribution in [1.82, 2.24) is 14.8 Å².